The Labute approximate surface area is 486 Å². The summed E-state index contributed by atoms with van der Waals surface area (Å²) in [4.78, 5) is 4.78. The number of furan rings is 1. The number of fused-ring (bicyclic) bond motifs is 14. The summed E-state index contributed by atoms with van der Waals surface area (Å²) in [5.41, 5.74) is 19.5. The third-order valence-corrected chi connectivity index (χ3v) is 18.6. The van der Waals surface area contributed by atoms with Crippen LogP contribution in [0.2, 0.25) is 0 Å². The molecule has 0 saturated carbocycles. The number of nitrogens with zero attached hydrogens (tertiary/aromatic N) is 3. The normalized spacial score (nSPS) is 12.5. The molecule has 4 aromatic heterocycles. The highest BCUT2D eigenvalue weighted by Crippen LogP contribution is 2.52. The summed E-state index contributed by atoms with van der Waals surface area (Å²) in [5, 5.41) is 11.9. The minimum atomic E-state index is 0.0947. The van der Waals surface area contributed by atoms with Crippen LogP contribution in [0.4, 0.5) is 34.1 Å². The molecule has 0 radical (unpaired) electrons. The number of rotatable bonds is 8. The molecule has 0 spiro atoms. The van der Waals surface area contributed by atoms with Gasteiger partial charge < -0.3 is 18.6 Å². The van der Waals surface area contributed by atoms with Gasteiger partial charge in [0.2, 0.25) is 0 Å². The molecule has 398 valence electrons. The molecule has 83 heavy (non-hydrogen) atoms. The van der Waals surface area contributed by atoms with E-state index in [1.165, 1.54) is 96.9 Å². The minimum Gasteiger partial charge on any atom is -0.454 e. The third kappa shape index (κ3) is 8.01. The molecule has 0 saturated heterocycles. The van der Waals surface area contributed by atoms with Gasteiger partial charge >= 0.3 is 0 Å². The van der Waals surface area contributed by atoms with E-state index in [-0.39, 0.29) is 10.8 Å². The van der Waals surface area contributed by atoms with Crippen LogP contribution in [0.1, 0.15) is 52.7 Å². The Morgan fingerprint density at radius 2 is 0.771 bits per heavy atom. The van der Waals surface area contributed by atoms with Crippen LogP contribution in [-0.4, -0.2) is 4.40 Å². The van der Waals surface area contributed by atoms with Crippen molar-refractivity contribution in [3.8, 4) is 22.3 Å². The van der Waals surface area contributed by atoms with Gasteiger partial charge in [-0.25, -0.2) is 0 Å². The maximum absolute atomic E-state index is 7.31. The quantitative estimate of drug-likeness (QED) is 0.152. The fourth-order valence-electron chi connectivity index (χ4n) is 13.0. The number of thiophene rings is 1. The molecule has 5 heteroatoms. The van der Waals surface area contributed by atoms with Gasteiger partial charge in [-0.2, -0.15) is 0 Å². The summed E-state index contributed by atoms with van der Waals surface area (Å²) in [6, 6.07) is 92.1. The zero-order chi connectivity index (χ0) is 55.9. The van der Waals surface area contributed by atoms with Crippen LogP contribution in [0.5, 0.6) is 0 Å². The predicted octanol–water partition coefficient (Wildman–Crippen LogP) is 23.1. The van der Waals surface area contributed by atoms with Gasteiger partial charge in [0.05, 0.1) is 21.1 Å². The smallest absolute Gasteiger partial charge is 0.162 e. The first-order valence-corrected chi connectivity index (χ1v) is 29.7. The first-order valence-electron chi connectivity index (χ1n) is 28.9. The van der Waals surface area contributed by atoms with Crippen LogP contribution in [0, 0.1) is 0 Å². The molecule has 0 fully saturated rings. The molecule has 0 bridgehead atoms. The summed E-state index contributed by atoms with van der Waals surface area (Å²) in [7, 11) is 0. The van der Waals surface area contributed by atoms with Crippen LogP contribution < -0.4 is 9.80 Å². The average Bonchev–Trinajstić information content (AvgIpc) is 1.75. The van der Waals surface area contributed by atoms with Crippen LogP contribution >= 0.6 is 11.3 Å². The lowest BCUT2D eigenvalue weighted by Gasteiger charge is -2.26. The van der Waals surface area contributed by atoms with Crippen LogP contribution in [-0.2, 0) is 10.8 Å². The van der Waals surface area contributed by atoms with E-state index in [4.69, 9.17) is 4.42 Å². The SMILES string of the molecule is CC(C)(C)c1ccc(-c2ccc(N(c3ccc4ccccc4c3)c3ccc4c(c3)oc3c5c6ccccc6cc6c7sc8cc(N(c9ccc(-c%10ccc(C(C)(C)C)cc%10)cc9)c9ccc%10ccccc%10c9)ccc8c7n(c43)c65)cc2)cc1. The fraction of sp³-hybridized carbons (Fsp3) is 0.103. The van der Waals surface area contributed by atoms with Gasteiger partial charge in [0.15, 0.2) is 5.58 Å². The number of hydrogen-bond acceptors (Lipinski definition) is 4. The summed E-state index contributed by atoms with van der Waals surface area (Å²) in [6.07, 6.45) is 0. The van der Waals surface area contributed by atoms with E-state index in [0.717, 1.165) is 61.6 Å². The highest BCUT2D eigenvalue weighted by Gasteiger charge is 2.28. The molecule has 0 aliphatic heterocycles. The molecule has 12 aromatic carbocycles. The van der Waals surface area contributed by atoms with E-state index in [0.29, 0.717) is 0 Å². The van der Waals surface area contributed by atoms with Crippen LogP contribution in [0.3, 0.4) is 0 Å². The second-order valence-corrected chi connectivity index (χ2v) is 25.7. The Hall–Kier alpha value is -9.68. The average molecular weight is 1090 g/mol. The van der Waals surface area contributed by atoms with Crippen molar-refractivity contribution in [1.29, 1.82) is 0 Å². The van der Waals surface area contributed by atoms with Crippen molar-refractivity contribution in [3.05, 3.63) is 260 Å². The maximum atomic E-state index is 7.31. The second kappa shape index (κ2) is 18.4. The Balaban J connectivity index is 0.853. The molecule has 0 amide bonds. The molecular formula is C78H59N3OS. The molecule has 0 aliphatic rings. The van der Waals surface area contributed by atoms with Crippen molar-refractivity contribution in [2.24, 2.45) is 0 Å². The van der Waals surface area contributed by atoms with Gasteiger partial charge in [0, 0.05) is 61.0 Å². The van der Waals surface area contributed by atoms with Gasteiger partial charge in [-0.05, 0) is 161 Å². The topological polar surface area (TPSA) is 24.0 Å². The lowest BCUT2D eigenvalue weighted by Crippen LogP contribution is -2.10. The molecule has 0 aliphatic carbocycles. The molecule has 16 aromatic rings. The van der Waals surface area contributed by atoms with Crippen molar-refractivity contribution in [1.82, 2.24) is 4.40 Å². The van der Waals surface area contributed by atoms with E-state index < -0.39 is 0 Å². The summed E-state index contributed by atoms with van der Waals surface area (Å²) in [6.45, 7) is 13.6. The first-order chi connectivity index (χ1) is 40.4. The Bertz CT molecular complexity index is 5200. The summed E-state index contributed by atoms with van der Waals surface area (Å²) >= 11 is 1.89. The largest absolute Gasteiger partial charge is 0.454 e. The third-order valence-electron chi connectivity index (χ3n) is 17.4. The minimum absolute atomic E-state index is 0.0947. The maximum Gasteiger partial charge on any atom is 0.162 e. The van der Waals surface area contributed by atoms with Gasteiger partial charge in [-0.3, -0.25) is 0 Å². The Morgan fingerprint density at radius 1 is 0.337 bits per heavy atom. The van der Waals surface area contributed by atoms with Crippen molar-refractivity contribution >= 4 is 136 Å². The van der Waals surface area contributed by atoms with Gasteiger partial charge in [0.1, 0.15) is 11.1 Å². The molecular weight excluding hydrogens is 1030 g/mol. The van der Waals surface area contributed by atoms with Crippen LogP contribution in [0.15, 0.2) is 253 Å². The zero-order valence-electron chi connectivity index (χ0n) is 47.3. The highest BCUT2D eigenvalue weighted by atomic mass is 32.1. The van der Waals surface area contributed by atoms with Crippen LogP contribution in [0.25, 0.3) is 113 Å². The Kier molecular flexibility index (Phi) is 10.9. The van der Waals surface area contributed by atoms with E-state index in [9.17, 15) is 0 Å². The standard InChI is InChI=1S/C78H59N3OS/c1-77(2,3)57-29-19-50(20-30-57)52-23-33-59(34-24-52)79(61-37-27-48-13-7-9-15-54(48)43-61)63-39-41-66-69(46-63)82-75-71-65-18-12-11-17-56(65)45-68-72(71)81(73(66)75)74-67-42-40-64(47-70(67)83-76(68)74)80(62-38-28-49-14-8-10-16-55(49)44-62)60-35-25-53(26-36-60)51-21-31-58(32-22-51)78(4,5)6/h7-47H,1-6H3. The lowest BCUT2D eigenvalue weighted by atomic mass is 9.86. The summed E-state index contributed by atoms with van der Waals surface area (Å²) in [5.74, 6) is 0. The van der Waals surface area contributed by atoms with Crippen molar-refractivity contribution < 1.29 is 4.42 Å². The van der Waals surface area contributed by atoms with Gasteiger partial charge in [0.25, 0.3) is 0 Å². The van der Waals surface area contributed by atoms with Crippen molar-refractivity contribution in [2.75, 3.05) is 9.80 Å². The monoisotopic (exact) mass is 1090 g/mol. The van der Waals surface area contributed by atoms with E-state index in [2.05, 4.69) is 304 Å². The number of benzene rings is 12. The molecule has 0 unspecified atom stereocenters. The van der Waals surface area contributed by atoms with E-state index in [1.54, 1.807) is 0 Å². The fourth-order valence-corrected chi connectivity index (χ4v) is 14.2. The van der Waals surface area contributed by atoms with Gasteiger partial charge in [-0.15, -0.1) is 11.3 Å². The number of anilines is 6. The molecule has 4 heterocycles. The Morgan fingerprint density at radius 3 is 1.30 bits per heavy atom. The molecule has 0 N–H and O–H groups in total. The molecule has 0 atom stereocenters. The van der Waals surface area contributed by atoms with E-state index >= 15 is 0 Å². The van der Waals surface area contributed by atoms with Gasteiger partial charge in [-0.1, -0.05) is 199 Å². The summed E-state index contributed by atoms with van der Waals surface area (Å²) < 4.78 is 12.4. The second-order valence-electron chi connectivity index (χ2n) is 24.6. The van der Waals surface area contributed by atoms with Crippen molar-refractivity contribution in [2.45, 2.75) is 52.4 Å². The molecule has 4 nitrogen and oxygen atoms in total. The van der Waals surface area contributed by atoms with E-state index in [1.807, 2.05) is 11.3 Å². The first kappa shape index (κ1) is 49.2. The highest BCUT2D eigenvalue weighted by molar-refractivity contribution is 7.26. The predicted molar refractivity (Wildman–Crippen MR) is 356 cm³/mol. The zero-order valence-corrected chi connectivity index (χ0v) is 48.1. The van der Waals surface area contributed by atoms with Crippen molar-refractivity contribution in [3.63, 3.8) is 0 Å². The number of hydrogen-bond donors (Lipinski definition) is 0. The lowest BCUT2D eigenvalue weighted by molar-refractivity contribution is 0.590. The molecule has 16 rings (SSSR count). The number of aromatic nitrogens is 1.